The quantitative estimate of drug-likeness (QED) is 0.158. The smallest absolute Gasteiger partial charge is 0.0462 e. The topological polar surface area (TPSA) is 3.24 Å². The van der Waals surface area contributed by atoms with E-state index in [1.807, 2.05) is 11.3 Å². The second-order valence-corrected chi connectivity index (χ2v) is 14.4. The fraction of sp³-hybridized carbons (Fsp3) is 0. The third kappa shape index (κ3) is 5.33. The maximum Gasteiger partial charge on any atom is 0.0462 e. The second kappa shape index (κ2) is 12.7. The standard InChI is InChI=1S/C50H33NS/c1-2-9-34(10-3-1)35-19-26-41(27-20-35)51(43-30-23-38(24-31-43)46-14-8-15-48-47-13-6-7-16-49(47)52-50(46)48)42-28-21-36(22-29-42)39-25-32-45-40(33-39)18-17-37-11-4-5-12-44(37)45/h1-33H. The molecule has 10 rings (SSSR count). The van der Waals surface area contributed by atoms with E-state index in [1.165, 1.54) is 75.1 Å². The zero-order valence-corrected chi connectivity index (χ0v) is 29.2. The number of thiophene rings is 1. The number of nitrogens with zero attached hydrogens (tertiary/aromatic N) is 1. The Bertz CT molecular complexity index is 2870. The third-order valence-corrected chi connectivity index (χ3v) is 11.5. The lowest BCUT2D eigenvalue weighted by atomic mass is 9.97. The molecule has 9 aromatic carbocycles. The van der Waals surface area contributed by atoms with Crippen molar-refractivity contribution < 1.29 is 0 Å². The molecular formula is C50H33NS. The van der Waals surface area contributed by atoms with Gasteiger partial charge in [-0.25, -0.2) is 0 Å². The minimum Gasteiger partial charge on any atom is -0.311 e. The highest BCUT2D eigenvalue weighted by Crippen LogP contribution is 2.42. The Morgan fingerprint density at radius 2 is 0.827 bits per heavy atom. The van der Waals surface area contributed by atoms with E-state index in [1.54, 1.807) is 0 Å². The van der Waals surface area contributed by atoms with Gasteiger partial charge in [0.25, 0.3) is 0 Å². The first-order chi connectivity index (χ1) is 25.8. The summed E-state index contributed by atoms with van der Waals surface area (Å²) in [6, 6.07) is 72.8. The fourth-order valence-electron chi connectivity index (χ4n) is 7.64. The van der Waals surface area contributed by atoms with Crippen molar-refractivity contribution in [3.05, 3.63) is 200 Å². The molecule has 0 saturated carbocycles. The van der Waals surface area contributed by atoms with E-state index in [-0.39, 0.29) is 0 Å². The summed E-state index contributed by atoms with van der Waals surface area (Å²) in [5, 5.41) is 7.76. The van der Waals surface area contributed by atoms with Crippen LogP contribution in [0, 0.1) is 0 Å². The van der Waals surface area contributed by atoms with Crippen molar-refractivity contribution in [1.29, 1.82) is 0 Å². The van der Waals surface area contributed by atoms with Gasteiger partial charge < -0.3 is 4.90 Å². The molecule has 1 heterocycles. The summed E-state index contributed by atoms with van der Waals surface area (Å²) in [6.07, 6.45) is 0. The fourth-order valence-corrected chi connectivity index (χ4v) is 8.88. The zero-order chi connectivity index (χ0) is 34.4. The monoisotopic (exact) mass is 679 g/mol. The molecule has 0 aliphatic carbocycles. The molecule has 0 unspecified atom stereocenters. The van der Waals surface area contributed by atoms with Gasteiger partial charge in [-0.2, -0.15) is 0 Å². The Kier molecular flexibility index (Phi) is 7.41. The lowest BCUT2D eigenvalue weighted by molar-refractivity contribution is 1.28. The van der Waals surface area contributed by atoms with Crippen LogP contribution in [0.1, 0.15) is 0 Å². The Hall–Kier alpha value is -6.48. The largest absolute Gasteiger partial charge is 0.311 e. The van der Waals surface area contributed by atoms with Crippen LogP contribution in [0.25, 0.3) is 75.1 Å². The van der Waals surface area contributed by atoms with Gasteiger partial charge in [-0.1, -0.05) is 152 Å². The second-order valence-electron chi connectivity index (χ2n) is 13.3. The van der Waals surface area contributed by atoms with Crippen molar-refractivity contribution in [2.75, 3.05) is 4.90 Å². The third-order valence-electron chi connectivity index (χ3n) is 10.3. The first-order valence-corrected chi connectivity index (χ1v) is 18.6. The number of hydrogen-bond acceptors (Lipinski definition) is 2. The number of fused-ring (bicyclic) bond motifs is 6. The highest BCUT2D eigenvalue weighted by Gasteiger charge is 2.15. The van der Waals surface area contributed by atoms with E-state index in [4.69, 9.17) is 0 Å². The summed E-state index contributed by atoms with van der Waals surface area (Å²) in [5.41, 5.74) is 10.7. The van der Waals surface area contributed by atoms with E-state index in [0.29, 0.717) is 0 Å². The van der Waals surface area contributed by atoms with Crippen LogP contribution in [0.2, 0.25) is 0 Å². The van der Waals surface area contributed by atoms with Gasteiger partial charge in [0, 0.05) is 37.2 Å². The van der Waals surface area contributed by atoms with Crippen molar-refractivity contribution >= 4 is 70.1 Å². The molecule has 1 aromatic heterocycles. The molecule has 10 aromatic rings. The van der Waals surface area contributed by atoms with E-state index in [0.717, 1.165) is 17.1 Å². The van der Waals surface area contributed by atoms with Crippen LogP contribution in [0.3, 0.4) is 0 Å². The van der Waals surface area contributed by atoms with Gasteiger partial charge in [0.2, 0.25) is 0 Å². The highest BCUT2D eigenvalue weighted by molar-refractivity contribution is 7.26. The van der Waals surface area contributed by atoms with Crippen molar-refractivity contribution in [1.82, 2.24) is 0 Å². The van der Waals surface area contributed by atoms with Crippen LogP contribution in [0.5, 0.6) is 0 Å². The van der Waals surface area contributed by atoms with Crippen LogP contribution < -0.4 is 4.90 Å². The maximum absolute atomic E-state index is 2.36. The molecule has 0 atom stereocenters. The Balaban J connectivity index is 1.03. The molecule has 0 aliphatic heterocycles. The van der Waals surface area contributed by atoms with Crippen molar-refractivity contribution in [3.63, 3.8) is 0 Å². The van der Waals surface area contributed by atoms with Gasteiger partial charge in [-0.05, 0) is 103 Å². The van der Waals surface area contributed by atoms with Crippen LogP contribution in [0.15, 0.2) is 200 Å². The minimum atomic E-state index is 1.11. The molecule has 2 heteroatoms. The molecule has 0 N–H and O–H groups in total. The van der Waals surface area contributed by atoms with Crippen LogP contribution in [-0.4, -0.2) is 0 Å². The molecule has 0 saturated heterocycles. The summed E-state index contributed by atoms with van der Waals surface area (Å²) < 4.78 is 2.66. The lowest BCUT2D eigenvalue weighted by Gasteiger charge is -2.26. The van der Waals surface area contributed by atoms with E-state index < -0.39 is 0 Å². The number of rotatable bonds is 6. The molecule has 0 aliphatic rings. The molecule has 0 bridgehead atoms. The Morgan fingerprint density at radius 1 is 0.308 bits per heavy atom. The van der Waals surface area contributed by atoms with Gasteiger partial charge in [0.05, 0.1) is 0 Å². The average molecular weight is 680 g/mol. The van der Waals surface area contributed by atoms with E-state index in [9.17, 15) is 0 Å². The van der Waals surface area contributed by atoms with Crippen LogP contribution in [0.4, 0.5) is 17.1 Å². The normalized spacial score (nSPS) is 11.5. The highest BCUT2D eigenvalue weighted by atomic mass is 32.1. The molecule has 52 heavy (non-hydrogen) atoms. The molecule has 0 amide bonds. The van der Waals surface area contributed by atoms with Crippen molar-refractivity contribution in [2.45, 2.75) is 0 Å². The lowest BCUT2D eigenvalue weighted by Crippen LogP contribution is -2.09. The number of anilines is 3. The Morgan fingerprint density at radius 3 is 1.56 bits per heavy atom. The van der Waals surface area contributed by atoms with Gasteiger partial charge in [-0.3, -0.25) is 0 Å². The average Bonchev–Trinajstić information content (AvgIpc) is 3.61. The maximum atomic E-state index is 2.36. The first-order valence-electron chi connectivity index (χ1n) is 17.8. The number of hydrogen-bond donors (Lipinski definition) is 0. The molecule has 0 fully saturated rings. The van der Waals surface area contributed by atoms with Crippen LogP contribution >= 0.6 is 11.3 Å². The van der Waals surface area contributed by atoms with Gasteiger partial charge in [0.1, 0.15) is 0 Å². The first kappa shape index (κ1) is 30.4. The summed E-state index contributed by atoms with van der Waals surface area (Å²) in [5.74, 6) is 0. The molecular weight excluding hydrogens is 647 g/mol. The van der Waals surface area contributed by atoms with Gasteiger partial charge >= 0.3 is 0 Å². The van der Waals surface area contributed by atoms with E-state index in [2.05, 4.69) is 205 Å². The van der Waals surface area contributed by atoms with Crippen molar-refractivity contribution in [2.24, 2.45) is 0 Å². The summed E-state index contributed by atoms with van der Waals surface area (Å²) >= 11 is 1.88. The van der Waals surface area contributed by atoms with Crippen molar-refractivity contribution in [3.8, 4) is 33.4 Å². The SMILES string of the molecule is c1ccc(-c2ccc(N(c3ccc(-c4ccc5c(ccc6ccccc65)c4)cc3)c3ccc(-c4cccc5c4sc4ccccc45)cc3)cc2)cc1. The summed E-state index contributed by atoms with van der Waals surface area (Å²) in [4.78, 5) is 2.36. The predicted octanol–water partition coefficient (Wildman–Crippen LogP) is 14.8. The number of benzene rings is 9. The summed E-state index contributed by atoms with van der Waals surface area (Å²) in [7, 11) is 0. The molecule has 244 valence electrons. The van der Waals surface area contributed by atoms with Crippen LogP contribution in [-0.2, 0) is 0 Å². The zero-order valence-electron chi connectivity index (χ0n) is 28.4. The molecule has 0 spiro atoms. The van der Waals surface area contributed by atoms with Gasteiger partial charge in [-0.15, -0.1) is 11.3 Å². The minimum absolute atomic E-state index is 1.11. The molecule has 0 radical (unpaired) electrons. The van der Waals surface area contributed by atoms with E-state index >= 15 is 0 Å². The predicted molar refractivity (Wildman–Crippen MR) is 225 cm³/mol. The van der Waals surface area contributed by atoms with Gasteiger partial charge in [0.15, 0.2) is 0 Å². The summed E-state index contributed by atoms with van der Waals surface area (Å²) in [6.45, 7) is 0. The Labute approximate surface area is 307 Å². The molecule has 1 nitrogen and oxygen atoms in total.